The molecule has 1 aliphatic heterocycles. The summed E-state index contributed by atoms with van der Waals surface area (Å²) in [6.07, 6.45) is 1.79. The van der Waals surface area contributed by atoms with Gasteiger partial charge in [0.15, 0.2) is 0 Å². The van der Waals surface area contributed by atoms with Crippen molar-refractivity contribution in [1.29, 1.82) is 0 Å². The van der Waals surface area contributed by atoms with Crippen molar-refractivity contribution >= 4 is 38.7 Å². The number of benzene rings is 2. The molecule has 180 valence electrons. The van der Waals surface area contributed by atoms with Crippen molar-refractivity contribution in [2.75, 3.05) is 49.5 Å². The monoisotopic (exact) mass is 485 g/mol. The highest BCUT2D eigenvalue weighted by Crippen LogP contribution is 2.30. The first kappa shape index (κ1) is 22.6. The van der Waals surface area contributed by atoms with Crippen LogP contribution in [0, 0.1) is 5.92 Å². The van der Waals surface area contributed by atoms with Gasteiger partial charge in [0.2, 0.25) is 11.9 Å². The Morgan fingerprint density at radius 2 is 1.85 bits per heavy atom. The van der Waals surface area contributed by atoms with Crippen LogP contribution in [-0.2, 0) is 14.9 Å². The summed E-state index contributed by atoms with van der Waals surface area (Å²) in [5.74, 6) is 0.468. The zero-order valence-corrected chi connectivity index (χ0v) is 19.4. The molecule has 2 aromatic carbocycles. The Kier molecular flexibility index (Phi) is 6.15. The van der Waals surface area contributed by atoms with E-state index in [2.05, 4.69) is 25.1 Å². The SMILES string of the molecule is O=C(Nc1nc2cc(OS(=O)(=O)c3ccc(N4CCN(CCO)CC4)cc3)ccc2[nH]1)C1CC1. The van der Waals surface area contributed by atoms with Gasteiger partial charge in [-0.15, -0.1) is 0 Å². The fourth-order valence-electron chi connectivity index (χ4n) is 4.03. The minimum Gasteiger partial charge on any atom is -0.395 e. The van der Waals surface area contributed by atoms with Crippen LogP contribution in [0.2, 0.25) is 0 Å². The van der Waals surface area contributed by atoms with Gasteiger partial charge in [-0.2, -0.15) is 8.42 Å². The van der Waals surface area contributed by atoms with Gasteiger partial charge in [0.05, 0.1) is 17.6 Å². The number of carbonyl (C=O) groups excluding carboxylic acids is 1. The molecule has 11 heteroatoms. The van der Waals surface area contributed by atoms with Gasteiger partial charge in [-0.05, 0) is 49.2 Å². The normalized spacial score (nSPS) is 17.1. The molecule has 1 aromatic heterocycles. The third-order valence-corrected chi connectivity index (χ3v) is 7.39. The number of fused-ring (bicyclic) bond motifs is 1. The summed E-state index contributed by atoms with van der Waals surface area (Å²) < 4.78 is 31.0. The number of piperazine rings is 1. The van der Waals surface area contributed by atoms with Gasteiger partial charge >= 0.3 is 10.1 Å². The Morgan fingerprint density at radius 3 is 2.53 bits per heavy atom. The van der Waals surface area contributed by atoms with Crippen LogP contribution in [0.15, 0.2) is 47.4 Å². The first-order valence-corrected chi connectivity index (χ1v) is 12.8. The van der Waals surface area contributed by atoms with Crippen molar-refractivity contribution in [2.45, 2.75) is 17.7 Å². The number of amides is 1. The van der Waals surface area contributed by atoms with E-state index in [-0.39, 0.29) is 29.1 Å². The fraction of sp³-hybridized carbons (Fsp3) is 0.391. The van der Waals surface area contributed by atoms with Crippen molar-refractivity contribution < 1.29 is 22.5 Å². The van der Waals surface area contributed by atoms with E-state index >= 15 is 0 Å². The lowest BCUT2D eigenvalue weighted by Gasteiger charge is -2.35. The van der Waals surface area contributed by atoms with Crippen LogP contribution >= 0.6 is 0 Å². The van der Waals surface area contributed by atoms with Crippen LogP contribution < -0.4 is 14.4 Å². The Balaban J connectivity index is 1.25. The largest absolute Gasteiger partial charge is 0.395 e. The van der Waals surface area contributed by atoms with E-state index < -0.39 is 10.1 Å². The summed E-state index contributed by atoms with van der Waals surface area (Å²) in [7, 11) is -4.02. The van der Waals surface area contributed by atoms with Crippen LogP contribution in [0.5, 0.6) is 5.75 Å². The molecule has 0 unspecified atom stereocenters. The van der Waals surface area contributed by atoms with Gasteiger partial charge in [0, 0.05) is 50.4 Å². The molecule has 3 N–H and O–H groups in total. The fourth-order valence-corrected chi connectivity index (χ4v) is 4.95. The van der Waals surface area contributed by atoms with Crippen LogP contribution in [0.3, 0.4) is 0 Å². The van der Waals surface area contributed by atoms with Crippen molar-refractivity contribution in [1.82, 2.24) is 14.9 Å². The Bertz CT molecular complexity index is 1280. The van der Waals surface area contributed by atoms with Gasteiger partial charge < -0.3 is 19.2 Å². The maximum atomic E-state index is 12.8. The quantitative estimate of drug-likeness (QED) is 0.412. The topological polar surface area (TPSA) is 128 Å². The summed E-state index contributed by atoms with van der Waals surface area (Å²) in [4.78, 5) is 23.7. The van der Waals surface area contributed by atoms with Crippen LogP contribution in [0.25, 0.3) is 11.0 Å². The average molecular weight is 486 g/mol. The number of rotatable bonds is 8. The van der Waals surface area contributed by atoms with Crippen molar-refractivity contribution in [3.05, 3.63) is 42.5 Å². The van der Waals surface area contributed by atoms with Crippen LogP contribution in [0.4, 0.5) is 11.6 Å². The van der Waals surface area contributed by atoms with Gasteiger partial charge in [-0.1, -0.05) is 0 Å². The van der Waals surface area contributed by atoms with Crippen molar-refractivity contribution in [3.8, 4) is 5.75 Å². The van der Waals surface area contributed by atoms with Crippen molar-refractivity contribution in [3.63, 3.8) is 0 Å². The summed E-state index contributed by atoms with van der Waals surface area (Å²) in [6.45, 7) is 4.15. The molecular weight excluding hydrogens is 458 g/mol. The molecule has 1 amide bonds. The maximum Gasteiger partial charge on any atom is 0.339 e. The molecule has 0 spiro atoms. The minimum atomic E-state index is -4.02. The molecule has 2 aliphatic rings. The second-order valence-electron chi connectivity index (χ2n) is 8.61. The Morgan fingerprint density at radius 1 is 1.12 bits per heavy atom. The number of β-amino-alcohol motifs (C(OH)–C–C–N with tert-alkyl or cyclic N) is 1. The van der Waals surface area contributed by atoms with Gasteiger partial charge in [-0.25, -0.2) is 4.98 Å². The minimum absolute atomic E-state index is 0.0551. The van der Waals surface area contributed by atoms with Crippen LogP contribution in [-0.4, -0.2) is 73.6 Å². The van der Waals surface area contributed by atoms with E-state index in [4.69, 9.17) is 9.29 Å². The van der Waals surface area contributed by atoms with Gasteiger partial charge in [-0.3, -0.25) is 15.0 Å². The number of aliphatic hydroxyl groups is 1. The smallest absolute Gasteiger partial charge is 0.339 e. The van der Waals surface area contributed by atoms with E-state index in [9.17, 15) is 13.2 Å². The number of anilines is 2. The molecule has 10 nitrogen and oxygen atoms in total. The van der Waals surface area contributed by atoms with E-state index in [0.29, 0.717) is 23.5 Å². The molecule has 34 heavy (non-hydrogen) atoms. The highest BCUT2D eigenvalue weighted by atomic mass is 32.2. The van der Waals surface area contributed by atoms with Crippen molar-refractivity contribution in [2.24, 2.45) is 5.92 Å². The molecule has 2 heterocycles. The third-order valence-electron chi connectivity index (χ3n) is 6.13. The summed E-state index contributed by atoms with van der Waals surface area (Å²) >= 11 is 0. The predicted molar refractivity (Wildman–Crippen MR) is 127 cm³/mol. The molecule has 0 bridgehead atoms. The lowest BCUT2D eigenvalue weighted by molar-refractivity contribution is -0.117. The number of aromatic nitrogens is 2. The molecule has 1 saturated carbocycles. The molecule has 1 saturated heterocycles. The molecule has 2 fully saturated rings. The first-order chi connectivity index (χ1) is 16.4. The number of hydrogen-bond donors (Lipinski definition) is 3. The Hall–Kier alpha value is -3.15. The number of aromatic amines is 1. The van der Waals surface area contributed by atoms with E-state index in [1.165, 1.54) is 6.07 Å². The van der Waals surface area contributed by atoms with E-state index in [1.54, 1.807) is 36.4 Å². The maximum absolute atomic E-state index is 12.8. The molecule has 3 aromatic rings. The highest BCUT2D eigenvalue weighted by molar-refractivity contribution is 7.87. The number of imidazole rings is 1. The second-order valence-corrected chi connectivity index (χ2v) is 10.2. The molecule has 0 radical (unpaired) electrons. The summed E-state index contributed by atoms with van der Waals surface area (Å²) in [5.41, 5.74) is 2.11. The number of nitrogens with zero attached hydrogens (tertiary/aromatic N) is 3. The van der Waals surface area contributed by atoms with Gasteiger partial charge in [0.25, 0.3) is 0 Å². The summed E-state index contributed by atoms with van der Waals surface area (Å²) in [5, 5.41) is 11.8. The lowest BCUT2D eigenvalue weighted by Crippen LogP contribution is -2.47. The zero-order valence-electron chi connectivity index (χ0n) is 18.6. The number of aliphatic hydroxyl groups excluding tert-OH is 1. The third kappa shape index (κ3) is 5.01. The number of H-pyrrole nitrogens is 1. The van der Waals surface area contributed by atoms with E-state index in [0.717, 1.165) is 44.7 Å². The number of hydrogen-bond acceptors (Lipinski definition) is 8. The molecule has 0 atom stereocenters. The lowest BCUT2D eigenvalue weighted by atomic mass is 10.2. The van der Waals surface area contributed by atoms with Crippen LogP contribution in [0.1, 0.15) is 12.8 Å². The highest BCUT2D eigenvalue weighted by Gasteiger charge is 2.30. The van der Waals surface area contributed by atoms with Gasteiger partial charge in [0.1, 0.15) is 10.6 Å². The predicted octanol–water partition coefficient (Wildman–Crippen LogP) is 1.79. The standard InChI is InChI=1S/C23H27N5O5S/c29-14-13-27-9-11-28(12-10-27)17-3-6-19(7-4-17)34(31,32)33-18-5-8-20-21(15-18)25-23(24-20)26-22(30)16-1-2-16/h3-8,15-16,29H,1-2,9-14H2,(H2,24,25,26,30). The molecule has 5 rings (SSSR count). The Labute approximate surface area is 197 Å². The van der Waals surface area contributed by atoms with E-state index in [1.807, 2.05) is 0 Å². The number of nitrogens with one attached hydrogen (secondary N) is 2. The first-order valence-electron chi connectivity index (χ1n) is 11.3. The summed E-state index contributed by atoms with van der Waals surface area (Å²) in [6, 6.07) is 11.4. The average Bonchev–Trinajstić information content (AvgIpc) is 3.61. The molecular formula is C23H27N5O5S. The molecule has 1 aliphatic carbocycles. The second kappa shape index (κ2) is 9.24. The zero-order chi connectivity index (χ0) is 23.7. The number of carbonyl (C=O) groups is 1.